The van der Waals surface area contributed by atoms with Gasteiger partial charge < -0.3 is 10.0 Å². The van der Waals surface area contributed by atoms with Crippen LogP contribution in [-0.4, -0.2) is 44.4 Å². The molecule has 9 heteroatoms. The molecule has 116 valence electrons. The Morgan fingerprint density at radius 2 is 2.24 bits per heavy atom. The van der Waals surface area contributed by atoms with Crippen molar-refractivity contribution in [3.8, 4) is 0 Å². The Bertz CT molecular complexity index is 639. The predicted octanol–water partition coefficient (Wildman–Crippen LogP) is 0.768. The molecule has 0 bridgehead atoms. The van der Waals surface area contributed by atoms with Gasteiger partial charge >= 0.3 is 5.30 Å². The van der Waals surface area contributed by atoms with Gasteiger partial charge in [-0.15, -0.1) is 0 Å². The fourth-order valence-corrected chi connectivity index (χ4v) is 6.37. The van der Waals surface area contributed by atoms with Crippen molar-refractivity contribution >= 4 is 26.3 Å². The van der Waals surface area contributed by atoms with Crippen molar-refractivity contribution in [2.45, 2.75) is 37.7 Å². The standard InChI is InChI=1S/C12H17N3O5S/c1-8(16)13-21(12(18)19,14-20-9-3-4-9)6-2-5-15-10(17)7-11(15)21/h2,5,9,11H,3-4,6-7H2,1H3,(H,18,19)(H,13,14,16). The lowest BCUT2D eigenvalue weighted by Crippen LogP contribution is -2.74. The zero-order valence-electron chi connectivity index (χ0n) is 11.5. The third kappa shape index (κ3) is 1.91. The van der Waals surface area contributed by atoms with Crippen LogP contribution in [0.3, 0.4) is 0 Å². The van der Waals surface area contributed by atoms with E-state index in [9.17, 15) is 19.5 Å². The summed E-state index contributed by atoms with van der Waals surface area (Å²) in [6.45, 7) is 1.25. The van der Waals surface area contributed by atoms with E-state index >= 15 is 0 Å². The van der Waals surface area contributed by atoms with Crippen molar-refractivity contribution in [3.63, 3.8) is 0 Å². The van der Waals surface area contributed by atoms with Crippen molar-refractivity contribution in [1.82, 2.24) is 9.62 Å². The fourth-order valence-electron chi connectivity index (χ4n) is 2.59. The van der Waals surface area contributed by atoms with Gasteiger partial charge in [0.1, 0.15) is 5.37 Å². The van der Waals surface area contributed by atoms with Gasteiger partial charge in [0.15, 0.2) is 0 Å². The Balaban J connectivity index is 2.15. The molecule has 1 aliphatic carbocycles. The Labute approximate surface area is 121 Å². The van der Waals surface area contributed by atoms with E-state index in [1.54, 1.807) is 12.3 Å². The van der Waals surface area contributed by atoms with E-state index in [2.05, 4.69) is 9.25 Å². The number of hydrogen-bond donors (Lipinski definition) is 2. The third-order valence-electron chi connectivity index (χ3n) is 3.88. The zero-order valence-corrected chi connectivity index (χ0v) is 12.3. The first-order valence-corrected chi connectivity index (χ1v) is 8.91. The molecule has 2 N–H and O–H groups in total. The Morgan fingerprint density at radius 3 is 2.76 bits per heavy atom. The van der Waals surface area contributed by atoms with E-state index < -0.39 is 25.7 Å². The summed E-state index contributed by atoms with van der Waals surface area (Å²) in [7, 11) is -3.87. The molecule has 21 heavy (non-hydrogen) atoms. The predicted molar refractivity (Wildman–Crippen MR) is 75.0 cm³/mol. The summed E-state index contributed by atoms with van der Waals surface area (Å²) in [6, 6.07) is 0. The highest BCUT2D eigenvalue weighted by Gasteiger charge is 2.60. The molecule has 0 aromatic rings. The van der Waals surface area contributed by atoms with Crippen molar-refractivity contribution in [1.29, 1.82) is 0 Å². The Kier molecular flexibility index (Phi) is 2.96. The molecule has 0 radical (unpaired) electrons. The number of fused-ring (bicyclic) bond motifs is 1. The van der Waals surface area contributed by atoms with Crippen molar-refractivity contribution in [2.24, 2.45) is 4.53 Å². The third-order valence-corrected chi connectivity index (χ3v) is 8.26. The van der Waals surface area contributed by atoms with Crippen LogP contribution in [0.4, 0.5) is 4.79 Å². The first-order chi connectivity index (χ1) is 9.88. The van der Waals surface area contributed by atoms with E-state index in [1.165, 1.54) is 11.8 Å². The van der Waals surface area contributed by atoms with Gasteiger partial charge in [-0.25, -0.2) is 9.63 Å². The fraction of sp³-hybridized carbons (Fsp3) is 0.583. The molecule has 2 fully saturated rings. The average molecular weight is 315 g/mol. The maximum absolute atomic E-state index is 12.2. The molecule has 2 amide bonds. The van der Waals surface area contributed by atoms with Crippen LogP contribution < -0.4 is 4.72 Å². The number of nitrogens with zero attached hydrogens (tertiary/aromatic N) is 2. The van der Waals surface area contributed by atoms with Gasteiger partial charge in [0.05, 0.1) is 12.5 Å². The number of nitrogens with one attached hydrogen (secondary N) is 1. The van der Waals surface area contributed by atoms with E-state index in [0.717, 1.165) is 12.8 Å². The number of carbonyl (C=O) groups excluding carboxylic acids is 2. The second kappa shape index (κ2) is 4.38. The Hall–Kier alpha value is -1.74. The van der Waals surface area contributed by atoms with Crippen LogP contribution in [0, 0.1) is 0 Å². The van der Waals surface area contributed by atoms with E-state index in [4.69, 9.17) is 4.84 Å². The second-order valence-corrected chi connectivity index (χ2v) is 9.53. The highest BCUT2D eigenvalue weighted by Crippen LogP contribution is 2.46. The van der Waals surface area contributed by atoms with Crippen LogP contribution in [0.5, 0.6) is 0 Å². The minimum absolute atomic E-state index is 0.0489. The summed E-state index contributed by atoms with van der Waals surface area (Å²) in [5.74, 6) is -0.614. The van der Waals surface area contributed by atoms with Crippen LogP contribution in [0.1, 0.15) is 26.2 Å². The summed E-state index contributed by atoms with van der Waals surface area (Å²) in [6.07, 6.45) is 4.76. The molecular weight excluding hydrogens is 298 g/mol. The number of β-lactam (4-membered cyclic amide) rings is 1. The lowest BCUT2D eigenvalue weighted by molar-refractivity contribution is -0.138. The number of rotatable bonds is 2. The number of hydrogen-bond acceptors (Lipinski definition) is 5. The highest BCUT2D eigenvalue weighted by molar-refractivity contribution is 8.32. The van der Waals surface area contributed by atoms with Gasteiger partial charge in [-0.1, -0.05) is 10.6 Å². The van der Waals surface area contributed by atoms with Crippen LogP contribution in [0.15, 0.2) is 16.8 Å². The van der Waals surface area contributed by atoms with Crippen LogP contribution in [-0.2, 0) is 23.6 Å². The maximum atomic E-state index is 12.2. The monoisotopic (exact) mass is 315 g/mol. The molecule has 8 nitrogen and oxygen atoms in total. The van der Waals surface area contributed by atoms with E-state index in [0.29, 0.717) is 0 Å². The molecule has 3 aliphatic rings. The first kappa shape index (κ1) is 14.2. The molecule has 0 spiro atoms. The minimum atomic E-state index is -3.87. The summed E-state index contributed by atoms with van der Waals surface area (Å²) < 4.78 is 6.67. The molecule has 2 heterocycles. The molecule has 0 aromatic carbocycles. The maximum Gasteiger partial charge on any atom is 0.377 e. The zero-order chi connectivity index (χ0) is 15.3. The average Bonchev–Trinajstić information content (AvgIpc) is 3.21. The lowest BCUT2D eigenvalue weighted by Gasteiger charge is -2.57. The van der Waals surface area contributed by atoms with Crippen LogP contribution in [0.2, 0.25) is 0 Å². The van der Waals surface area contributed by atoms with Crippen LogP contribution in [0.25, 0.3) is 0 Å². The summed E-state index contributed by atoms with van der Waals surface area (Å²) in [5.41, 5.74) is 0. The SMILES string of the molecule is CC(=O)NS1(=NOC2CC2)(C(=O)O)CC=CN2C(=O)CC21. The molecule has 3 rings (SSSR count). The molecule has 2 aliphatic heterocycles. The van der Waals surface area contributed by atoms with E-state index in [1.807, 2.05) is 0 Å². The number of carbonyl (C=O) groups is 3. The lowest BCUT2D eigenvalue weighted by atomic mass is 10.2. The van der Waals surface area contributed by atoms with Gasteiger partial charge in [-0.3, -0.25) is 14.3 Å². The number of amides is 2. The second-order valence-electron chi connectivity index (χ2n) is 5.52. The summed E-state index contributed by atoms with van der Waals surface area (Å²) >= 11 is 0. The van der Waals surface area contributed by atoms with Gasteiger partial charge in [-0.05, 0) is 12.8 Å². The van der Waals surface area contributed by atoms with E-state index in [-0.39, 0.29) is 24.2 Å². The normalized spacial score (nSPS) is 30.3. The van der Waals surface area contributed by atoms with Crippen molar-refractivity contribution in [2.75, 3.05) is 5.75 Å². The largest absolute Gasteiger partial charge is 0.472 e. The molecule has 1 saturated carbocycles. The molecule has 1 saturated heterocycles. The molecule has 0 aromatic heterocycles. The summed E-state index contributed by atoms with van der Waals surface area (Å²) in [5, 5.41) is 8.04. The molecular formula is C12H17N3O5S. The first-order valence-electron chi connectivity index (χ1n) is 6.68. The quantitative estimate of drug-likeness (QED) is 0.578. The van der Waals surface area contributed by atoms with Gasteiger partial charge in [0.2, 0.25) is 11.8 Å². The highest BCUT2D eigenvalue weighted by atomic mass is 32.3. The minimum Gasteiger partial charge on any atom is -0.472 e. The van der Waals surface area contributed by atoms with Crippen molar-refractivity contribution in [3.05, 3.63) is 12.3 Å². The number of carboxylic acid groups (broad SMARTS) is 1. The van der Waals surface area contributed by atoms with Gasteiger partial charge in [0, 0.05) is 28.0 Å². The Morgan fingerprint density at radius 1 is 1.52 bits per heavy atom. The molecule has 1 atom stereocenters. The van der Waals surface area contributed by atoms with Crippen molar-refractivity contribution < 1.29 is 24.3 Å². The van der Waals surface area contributed by atoms with Crippen LogP contribution >= 0.6 is 0 Å². The molecule has 1 unspecified atom stereocenters. The smallest absolute Gasteiger partial charge is 0.377 e. The van der Waals surface area contributed by atoms with Gasteiger partial charge in [-0.2, -0.15) is 0 Å². The summed E-state index contributed by atoms with van der Waals surface area (Å²) in [4.78, 5) is 42.2. The van der Waals surface area contributed by atoms with Gasteiger partial charge in [0.25, 0.3) is 0 Å². The topological polar surface area (TPSA) is 108 Å².